The Balaban J connectivity index is 0.00000264. The molecule has 0 atom stereocenters. The van der Waals surface area contributed by atoms with Gasteiger partial charge in [-0.05, 0) is 41.5 Å². The molecule has 2 aromatic carbocycles. The Hall–Kier alpha value is -1.43. The molecular weight excluding hydrogens is 389 g/mol. The fraction of sp³-hybridized carbons (Fsp3) is 0.333. The van der Waals surface area contributed by atoms with Gasteiger partial charge in [0.25, 0.3) is 0 Å². The molecule has 0 amide bonds. The van der Waals surface area contributed by atoms with Crippen LogP contribution < -0.4 is 0 Å². The van der Waals surface area contributed by atoms with Crippen LogP contribution in [0.2, 0.25) is 0 Å². The molecule has 0 saturated carbocycles. The molecule has 24 heavy (non-hydrogen) atoms. The van der Waals surface area contributed by atoms with Gasteiger partial charge in [-0.1, -0.05) is 58.0 Å². The van der Waals surface area contributed by atoms with Crippen LogP contribution in [0.3, 0.4) is 0 Å². The number of phenols is 1. The quantitative estimate of drug-likeness (QED) is 0.362. The van der Waals surface area contributed by atoms with E-state index in [0.717, 1.165) is 16.8 Å². The Morgan fingerprint density at radius 2 is 1.42 bits per heavy atom. The van der Waals surface area contributed by atoms with Crippen molar-refractivity contribution in [1.29, 1.82) is 0 Å². The van der Waals surface area contributed by atoms with Crippen molar-refractivity contribution >= 4 is 11.9 Å². The van der Waals surface area contributed by atoms with Gasteiger partial charge in [-0.3, -0.25) is 4.99 Å². The first-order chi connectivity index (χ1) is 10.4. The number of phenolic OH excluding ortho intramolecular Hbond substituents is 1. The largest absolute Gasteiger partial charge is 0.507 e. The SMILES string of the molecule is Cc1cccc(C=Nc2c(C(C)C)cccc2C(C)C)c1O.[CH3-].[Pd]. The molecule has 0 spiro atoms. The van der Waals surface area contributed by atoms with E-state index in [1.807, 2.05) is 25.1 Å². The van der Waals surface area contributed by atoms with Crippen molar-refractivity contribution in [3.05, 3.63) is 66.1 Å². The molecule has 3 heteroatoms. The molecule has 0 aliphatic carbocycles. The van der Waals surface area contributed by atoms with E-state index >= 15 is 0 Å². The monoisotopic (exact) mass is 416 g/mol. The van der Waals surface area contributed by atoms with Crippen molar-refractivity contribution in [3.8, 4) is 5.75 Å². The molecule has 0 aromatic heterocycles. The van der Waals surface area contributed by atoms with Gasteiger partial charge in [-0.25, -0.2) is 0 Å². The number of aliphatic imine (C=N–C) groups is 1. The summed E-state index contributed by atoms with van der Waals surface area (Å²) >= 11 is 0. The predicted molar refractivity (Wildman–Crippen MR) is 101 cm³/mol. The molecule has 0 aliphatic rings. The predicted octanol–water partition coefficient (Wildman–Crippen LogP) is 6.15. The van der Waals surface area contributed by atoms with Crippen molar-refractivity contribution in [3.63, 3.8) is 0 Å². The van der Waals surface area contributed by atoms with Crippen LogP contribution in [-0.4, -0.2) is 11.3 Å². The van der Waals surface area contributed by atoms with Gasteiger partial charge in [0.2, 0.25) is 0 Å². The summed E-state index contributed by atoms with van der Waals surface area (Å²) < 4.78 is 0. The Labute approximate surface area is 160 Å². The average molecular weight is 417 g/mol. The normalized spacial score (nSPS) is 10.8. The Morgan fingerprint density at radius 3 is 1.92 bits per heavy atom. The summed E-state index contributed by atoms with van der Waals surface area (Å²) in [6.07, 6.45) is 1.77. The van der Waals surface area contributed by atoms with Crippen molar-refractivity contribution in [2.24, 2.45) is 4.99 Å². The molecular formula is C21H28NOPd-. The van der Waals surface area contributed by atoms with Crippen LogP contribution >= 0.6 is 0 Å². The summed E-state index contributed by atoms with van der Waals surface area (Å²) in [5.41, 5.74) is 5.15. The van der Waals surface area contributed by atoms with E-state index in [-0.39, 0.29) is 27.8 Å². The summed E-state index contributed by atoms with van der Waals surface area (Å²) in [7, 11) is 0. The second kappa shape index (κ2) is 9.77. The molecule has 0 heterocycles. The zero-order chi connectivity index (χ0) is 16.3. The van der Waals surface area contributed by atoms with Gasteiger partial charge in [-0.2, -0.15) is 0 Å². The Morgan fingerprint density at radius 1 is 0.917 bits per heavy atom. The average Bonchev–Trinajstić information content (AvgIpc) is 2.48. The topological polar surface area (TPSA) is 32.6 Å². The van der Waals surface area contributed by atoms with Crippen molar-refractivity contribution < 1.29 is 25.5 Å². The zero-order valence-corrected chi connectivity index (χ0v) is 17.0. The van der Waals surface area contributed by atoms with Crippen molar-refractivity contribution in [2.45, 2.75) is 46.5 Å². The van der Waals surface area contributed by atoms with E-state index in [2.05, 4.69) is 45.9 Å². The molecule has 0 aliphatic heterocycles. The van der Waals surface area contributed by atoms with Crippen LogP contribution in [0.1, 0.15) is 61.8 Å². The number of hydrogen-bond acceptors (Lipinski definition) is 2. The van der Waals surface area contributed by atoms with Gasteiger partial charge in [0.15, 0.2) is 0 Å². The molecule has 134 valence electrons. The minimum atomic E-state index is 0. The standard InChI is InChI=1S/C20H25NO.CH3.Pd/c1-13(2)17-10-7-11-18(14(3)4)19(17)21-12-16-9-6-8-15(5)20(16)22;;/h6-14,22H,1-5H3;1H3;/q;-1;. The second-order valence-electron chi connectivity index (χ2n) is 6.37. The number of aromatic hydroxyl groups is 1. The maximum Gasteiger partial charge on any atom is 0.127 e. The molecule has 2 nitrogen and oxygen atoms in total. The van der Waals surface area contributed by atoms with E-state index < -0.39 is 0 Å². The third-order valence-electron chi connectivity index (χ3n) is 3.94. The second-order valence-corrected chi connectivity index (χ2v) is 6.37. The molecule has 0 unspecified atom stereocenters. The zero-order valence-electron chi connectivity index (χ0n) is 15.4. The number of nitrogens with zero attached hydrogens (tertiary/aromatic N) is 1. The van der Waals surface area contributed by atoms with Crippen LogP contribution in [0, 0.1) is 14.4 Å². The van der Waals surface area contributed by atoms with E-state index in [9.17, 15) is 5.11 Å². The number of benzene rings is 2. The van der Waals surface area contributed by atoms with Gasteiger partial charge in [-0.15, -0.1) is 0 Å². The van der Waals surface area contributed by atoms with E-state index in [4.69, 9.17) is 4.99 Å². The molecule has 2 rings (SSSR count). The van der Waals surface area contributed by atoms with E-state index in [1.54, 1.807) is 6.21 Å². The molecule has 0 bridgehead atoms. The fourth-order valence-electron chi connectivity index (χ4n) is 2.58. The molecule has 0 saturated heterocycles. The minimum Gasteiger partial charge on any atom is -0.507 e. The van der Waals surface area contributed by atoms with Crippen LogP contribution in [0.25, 0.3) is 0 Å². The summed E-state index contributed by atoms with van der Waals surface area (Å²) in [5, 5.41) is 10.1. The molecule has 1 N–H and O–H groups in total. The number of rotatable bonds is 4. The van der Waals surface area contributed by atoms with Gasteiger partial charge in [0, 0.05) is 32.2 Å². The summed E-state index contributed by atoms with van der Waals surface area (Å²) in [4.78, 5) is 4.74. The summed E-state index contributed by atoms with van der Waals surface area (Å²) in [5.74, 6) is 1.13. The minimum absolute atomic E-state index is 0. The van der Waals surface area contributed by atoms with Crippen LogP contribution in [0.15, 0.2) is 41.4 Å². The summed E-state index contributed by atoms with van der Waals surface area (Å²) in [6, 6.07) is 12.1. The van der Waals surface area contributed by atoms with Gasteiger partial charge in [0.05, 0.1) is 5.69 Å². The maximum absolute atomic E-state index is 10.1. The van der Waals surface area contributed by atoms with Gasteiger partial charge >= 0.3 is 0 Å². The smallest absolute Gasteiger partial charge is 0.127 e. The molecule has 0 radical (unpaired) electrons. The first-order valence-corrected chi connectivity index (χ1v) is 7.87. The fourth-order valence-corrected chi connectivity index (χ4v) is 2.58. The number of aryl methyl sites for hydroxylation is 1. The van der Waals surface area contributed by atoms with Crippen LogP contribution in [0.4, 0.5) is 5.69 Å². The summed E-state index contributed by atoms with van der Waals surface area (Å²) in [6.45, 7) is 10.6. The Kier molecular flexibility index (Phi) is 9.19. The molecule has 0 fully saturated rings. The van der Waals surface area contributed by atoms with Crippen LogP contribution in [0.5, 0.6) is 5.75 Å². The van der Waals surface area contributed by atoms with Gasteiger partial charge < -0.3 is 12.5 Å². The third kappa shape index (κ3) is 5.03. The first-order valence-electron chi connectivity index (χ1n) is 7.87. The number of para-hydroxylation sites is 2. The third-order valence-corrected chi connectivity index (χ3v) is 3.94. The van der Waals surface area contributed by atoms with Crippen LogP contribution in [-0.2, 0) is 20.4 Å². The van der Waals surface area contributed by atoms with Crippen molar-refractivity contribution in [1.82, 2.24) is 0 Å². The number of hydrogen-bond donors (Lipinski definition) is 1. The van der Waals surface area contributed by atoms with E-state index in [1.165, 1.54) is 11.1 Å². The maximum atomic E-state index is 10.1. The van der Waals surface area contributed by atoms with E-state index in [0.29, 0.717) is 17.6 Å². The van der Waals surface area contributed by atoms with Crippen molar-refractivity contribution in [2.75, 3.05) is 0 Å². The van der Waals surface area contributed by atoms with Gasteiger partial charge in [0.1, 0.15) is 5.75 Å². The first kappa shape index (κ1) is 22.6. The Bertz CT molecular complexity index is 664. The molecule has 2 aromatic rings.